The van der Waals surface area contributed by atoms with Crippen LogP contribution < -0.4 is 10.6 Å². The molecule has 0 aliphatic heterocycles. The standard InChI is InChI=1S/C14H24N2OS.ClH/c1-4-7-12-11(5-2)10-13(18-12)14(17)16-9-6-8-15-3;/h10,15H,4-9H2,1-3H3,(H,16,17);1H. The molecule has 1 amide bonds. The third kappa shape index (κ3) is 5.93. The van der Waals surface area contributed by atoms with Crippen molar-refractivity contribution in [1.82, 2.24) is 10.6 Å². The summed E-state index contributed by atoms with van der Waals surface area (Å²) in [7, 11) is 1.92. The van der Waals surface area contributed by atoms with Crippen molar-refractivity contribution in [1.29, 1.82) is 0 Å². The molecule has 0 spiro atoms. The molecule has 1 aromatic rings. The summed E-state index contributed by atoms with van der Waals surface area (Å²) in [6.45, 7) is 6.00. The zero-order valence-electron chi connectivity index (χ0n) is 12.0. The van der Waals surface area contributed by atoms with E-state index in [1.165, 1.54) is 10.4 Å². The van der Waals surface area contributed by atoms with E-state index in [0.29, 0.717) is 0 Å². The zero-order chi connectivity index (χ0) is 13.4. The molecule has 0 unspecified atom stereocenters. The maximum Gasteiger partial charge on any atom is 0.261 e. The predicted octanol–water partition coefficient (Wildman–Crippen LogP) is 3.02. The largest absolute Gasteiger partial charge is 0.351 e. The van der Waals surface area contributed by atoms with Crippen LogP contribution in [0.1, 0.15) is 46.8 Å². The Bertz CT molecular complexity index is 380. The second-order valence-corrected chi connectivity index (χ2v) is 5.51. The van der Waals surface area contributed by atoms with Crippen molar-refractivity contribution in [2.45, 2.75) is 39.5 Å². The van der Waals surface area contributed by atoms with Gasteiger partial charge in [-0.05, 0) is 44.5 Å². The molecule has 0 fully saturated rings. The Morgan fingerprint density at radius 3 is 2.63 bits per heavy atom. The molecule has 2 N–H and O–H groups in total. The van der Waals surface area contributed by atoms with Crippen molar-refractivity contribution < 1.29 is 4.79 Å². The van der Waals surface area contributed by atoms with Crippen LogP contribution in [0.2, 0.25) is 0 Å². The molecule has 110 valence electrons. The molecule has 0 aliphatic carbocycles. The van der Waals surface area contributed by atoms with E-state index in [1.54, 1.807) is 11.3 Å². The second-order valence-electron chi connectivity index (χ2n) is 4.38. The highest BCUT2D eigenvalue weighted by molar-refractivity contribution is 7.14. The predicted molar refractivity (Wildman–Crippen MR) is 85.8 cm³/mol. The summed E-state index contributed by atoms with van der Waals surface area (Å²) in [5, 5.41) is 6.04. The third-order valence-corrected chi connectivity index (χ3v) is 4.10. The van der Waals surface area contributed by atoms with Crippen molar-refractivity contribution in [3.05, 3.63) is 21.4 Å². The Hall–Kier alpha value is -0.580. The Morgan fingerprint density at radius 1 is 1.32 bits per heavy atom. The van der Waals surface area contributed by atoms with E-state index in [1.807, 2.05) is 7.05 Å². The van der Waals surface area contributed by atoms with Gasteiger partial charge in [-0.1, -0.05) is 20.3 Å². The maximum atomic E-state index is 12.0. The first kappa shape index (κ1) is 18.4. The molecule has 0 aromatic carbocycles. The summed E-state index contributed by atoms with van der Waals surface area (Å²) in [5.74, 6) is 0.0770. The number of hydrogen-bond acceptors (Lipinski definition) is 3. The number of hydrogen-bond donors (Lipinski definition) is 2. The second kappa shape index (κ2) is 10.2. The molecule has 0 atom stereocenters. The smallest absolute Gasteiger partial charge is 0.261 e. The van der Waals surface area contributed by atoms with Crippen LogP contribution >= 0.6 is 23.7 Å². The number of rotatable bonds is 8. The molecule has 0 saturated heterocycles. The lowest BCUT2D eigenvalue weighted by Crippen LogP contribution is -2.25. The van der Waals surface area contributed by atoms with Gasteiger partial charge in [0.25, 0.3) is 5.91 Å². The topological polar surface area (TPSA) is 41.1 Å². The first-order chi connectivity index (χ1) is 8.72. The Kier molecular flexibility index (Phi) is 9.92. The van der Waals surface area contributed by atoms with Crippen molar-refractivity contribution in [3.63, 3.8) is 0 Å². The average Bonchev–Trinajstić information content (AvgIpc) is 2.78. The number of amides is 1. The van der Waals surface area contributed by atoms with Crippen molar-refractivity contribution in [2.24, 2.45) is 0 Å². The lowest BCUT2D eigenvalue weighted by atomic mass is 10.1. The first-order valence-electron chi connectivity index (χ1n) is 6.77. The van der Waals surface area contributed by atoms with E-state index in [9.17, 15) is 4.79 Å². The summed E-state index contributed by atoms with van der Waals surface area (Å²) in [5.41, 5.74) is 1.34. The highest BCUT2D eigenvalue weighted by Gasteiger charge is 2.12. The van der Waals surface area contributed by atoms with Gasteiger partial charge in [0, 0.05) is 11.4 Å². The molecular weight excluding hydrogens is 280 g/mol. The molecule has 5 heteroatoms. The van der Waals surface area contributed by atoms with E-state index >= 15 is 0 Å². The van der Waals surface area contributed by atoms with Gasteiger partial charge < -0.3 is 10.6 Å². The van der Waals surface area contributed by atoms with Crippen LogP contribution in [-0.2, 0) is 12.8 Å². The number of carbonyl (C=O) groups is 1. The van der Waals surface area contributed by atoms with Gasteiger partial charge in [0.1, 0.15) is 0 Å². The first-order valence-corrected chi connectivity index (χ1v) is 7.58. The molecule has 0 saturated carbocycles. The van der Waals surface area contributed by atoms with Crippen LogP contribution in [0.3, 0.4) is 0 Å². The molecule has 0 bridgehead atoms. The molecule has 3 nitrogen and oxygen atoms in total. The van der Waals surface area contributed by atoms with Crippen LogP contribution in [-0.4, -0.2) is 26.0 Å². The number of carbonyl (C=O) groups excluding carboxylic acids is 1. The molecule has 1 aromatic heterocycles. The minimum atomic E-state index is 0. The molecule has 19 heavy (non-hydrogen) atoms. The molecular formula is C14H25ClN2OS. The third-order valence-electron chi connectivity index (χ3n) is 2.87. The van der Waals surface area contributed by atoms with Gasteiger partial charge >= 0.3 is 0 Å². The highest BCUT2D eigenvalue weighted by atomic mass is 35.5. The van der Waals surface area contributed by atoms with Crippen LogP contribution in [0, 0.1) is 0 Å². The molecule has 0 aliphatic rings. The molecule has 1 rings (SSSR count). The van der Waals surface area contributed by atoms with Crippen molar-refractivity contribution >= 4 is 29.7 Å². The van der Waals surface area contributed by atoms with E-state index in [2.05, 4.69) is 30.5 Å². The average molecular weight is 305 g/mol. The molecule has 0 radical (unpaired) electrons. The minimum Gasteiger partial charge on any atom is -0.351 e. The Balaban J connectivity index is 0.00000324. The maximum absolute atomic E-state index is 12.0. The number of aryl methyl sites for hydroxylation is 2. The lowest BCUT2D eigenvalue weighted by Gasteiger charge is -2.02. The van der Waals surface area contributed by atoms with Gasteiger partial charge in [-0.3, -0.25) is 4.79 Å². The van der Waals surface area contributed by atoms with Gasteiger partial charge in [-0.25, -0.2) is 0 Å². The Morgan fingerprint density at radius 2 is 2.05 bits per heavy atom. The van der Waals surface area contributed by atoms with E-state index < -0.39 is 0 Å². The SMILES string of the molecule is CCCc1sc(C(=O)NCCCNC)cc1CC.Cl. The van der Waals surface area contributed by atoms with E-state index in [4.69, 9.17) is 0 Å². The van der Waals surface area contributed by atoms with Gasteiger partial charge in [0.05, 0.1) is 4.88 Å². The van der Waals surface area contributed by atoms with Crippen LogP contribution in [0.4, 0.5) is 0 Å². The van der Waals surface area contributed by atoms with Crippen LogP contribution in [0.5, 0.6) is 0 Å². The quantitative estimate of drug-likeness (QED) is 0.725. The van der Waals surface area contributed by atoms with E-state index in [-0.39, 0.29) is 18.3 Å². The highest BCUT2D eigenvalue weighted by Crippen LogP contribution is 2.24. The van der Waals surface area contributed by atoms with E-state index in [0.717, 1.165) is 43.6 Å². The minimum absolute atomic E-state index is 0. The molecule has 1 heterocycles. The van der Waals surface area contributed by atoms with Crippen molar-refractivity contribution in [2.75, 3.05) is 20.1 Å². The fourth-order valence-electron chi connectivity index (χ4n) is 1.87. The van der Waals surface area contributed by atoms with Gasteiger partial charge in [0.15, 0.2) is 0 Å². The summed E-state index contributed by atoms with van der Waals surface area (Å²) in [4.78, 5) is 14.2. The summed E-state index contributed by atoms with van der Waals surface area (Å²) < 4.78 is 0. The van der Waals surface area contributed by atoms with Gasteiger partial charge in [0.2, 0.25) is 0 Å². The van der Waals surface area contributed by atoms with Gasteiger partial charge in [-0.15, -0.1) is 23.7 Å². The fraction of sp³-hybridized carbons (Fsp3) is 0.643. The number of halogens is 1. The fourth-order valence-corrected chi connectivity index (χ4v) is 3.14. The number of nitrogens with one attached hydrogen (secondary N) is 2. The monoisotopic (exact) mass is 304 g/mol. The summed E-state index contributed by atoms with van der Waals surface area (Å²) in [6.07, 6.45) is 4.20. The zero-order valence-corrected chi connectivity index (χ0v) is 13.7. The normalized spacial score (nSPS) is 10.1. The van der Waals surface area contributed by atoms with Crippen molar-refractivity contribution in [3.8, 4) is 0 Å². The van der Waals surface area contributed by atoms with Gasteiger partial charge in [-0.2, -0.15) is 0 Å². The van der Waals surface area contributed by atoms with Crippen LogP contribution in [0.25, 0.3) is 0 Å². The lowest BCUT2D eigenvalue weighted by molar-refractivity contribution is 0.0957. The van der Waals surface area contributed by atoms with Crippen LogP contribution in [0.15, 0.2) is 6.07 Å². The Labute approximate surface area is 126 Å². The summed E-state index contributed by atoms with van der Waals surface area (Å²) in [6, 6.07) is 2.06. The number of thiophene rings is 1. The summed E-state index contributed by atoms with van der Waals surface area (Å²) >= 11 is 1.65.